The summed E-state index contributed by atoms with van der Waals surface area (Å²) in [6.07, 6.45) is 5.03. The number of nitrogens with zero attached hydrogens (tertiary/aromatic N) is 4. The maximum atomic E-state index is 12.8. The number of pyridine rings is 1. The van der Waals surface area contributed by atoms with Gasteiger partial charge < -0.3 is 27.1 Å². The number of carboxylic acids is 1. The molecule has 2 aromatic heterocycles. The molecule has 192 valence electrons. The zero-order valence-electron chi connectivity index (χ0n) is 18.8. The topological polar surface area (TPSA) is 205 Å². The fourth-order valence-electron chi connectivity index (χ4n) is 3.59. The summed E-state index contributed by atoms with van der Waals surface area (Å²) in [6, 6.07) is 2.56. The third kappa shape index (κ3) is 5.60. The molecule has 2 aromatic rings. The number of aromatic nitrogens is 2. The number of hydrogen-bond acceptors (Lipinski definition) is 11. The monoisotopic (exact) mass is 562 g/mol. The lowest BCUT2D eigenvalue weighted by atomic mass is 10.0. The van der Waals surface area contributed by atoms with E-state index in [1.807, 2.05) is 0 Å². The number of allylic oxidation sites excluding steroid dienone is 1. The van der Waals surface area contributed by atoms with E-state index >= 15 is 0 Å². The van der Waals surface area contributed by atoms with Crippen molar-refractivity contribution in [2.75, 3.05) is 11.5 Å². The Balaban J connectivity index is 1.44. The van der Waals surface area contributed by atoms with Crippen molar-refractivity contribution >= 4 is 69.4 Å². The smallest absolute Gasteiger partial charge is 0.352 e. The summed E-state index contributed by atoms with van der Waals surface area (Å²) in [7, 11) is 0. The summed E-state index contributed by atoms with van der Waals surface area (Å²) >= 11 is 3.68. The fourth-order valence-corrected chi connectivity index (χ4v) is 6.13. The largest absolute Gasteiger partial charge is 0.477 e. The van der Waals surface area contributed by atoms with Crippen LogP contribution in [-0.4, -0.2) is 66.8 Å². The molecule has 13 nitrogen and oxygen atoms in total. The van der Waals surface area contributed by atoms with Gasteiger partial charge >= 0.3 is 5.97 Å². The van der Waals surface area contributed by atoms with Crippen LogP contribution in [0.2, 0.25) is 0 Å². The summed E-state index contributed by atoms with van der Waals surface area (Å²) in [5, 5.41) is 27.2. The highest BCUT2D eigenvalue weighted by Crippen LogP contribution is 2.41. The van der Waals surface area contributed by atoms with Crippen molar-refractivity contribution in [2.45, 2.75) is 22.9 Å². The molecule has 7 N–H and O–H groups in total. The number of hydrogen-bond donors (Lipinski definition) is 5. The number of oxime groups is 1. The van der Waals surface area contributed by atoms with Crippen LogP contribution in [0.15, 0.2) is 62.7 Å². The number of anilines is 1. The third-order valence-corrected chi connectivity index (χ3v) is 8.03. The Kier molecular flexibility index (Phi) is 7.80. The van der Waals surface area contributed by atoms with Crippen molar-refractivity contribution < 1.29 is 34.1 Å². The fraction of sp³-hybridized carbons (Fsp3) is 0.190. The van der Waals surface area contributed by atoms with Crippen LogP contribution in [-0.2, 0) is 25.7 Å². The highest BCUT2D eigenvalue weighted by atomic mass is 32.2. The molecule has 2 aliphatic heterocycles. The zero-order valence-corrected chi connectivity index (χ0v) is 21.3. The van der Waals surface area contributed by atoms with E-state index in [-0.39, 0.29) is 28.8 Å². The lowest BCUT2D eigenvalue weighted by molar-refractivity contribution is -0.684. The minimum atomic E-state index is -1.27. The van der Waals surface area contributed by atoms with Gasteiger partial charge in [-0.05, 0) is 17.1 Å². The van der Waals surface area contributed by atoms with Gasteiger partial charge in [-0.1, -0.05) is 16.9 Å². The number of thiazole rings is 1. The van der Waals surface area contributed by atoms with E-state index in [1.54, 1.807) is 40.6 Å². The summed E-state index contributed by atoms with van der Waals surface area (Å²) in [5.41, 5.74) is 10.7. The first-order chi connectivity index (χ1) is 17.7. The van der Waals surface area contributed by atoms with Gasteiger partial charge in [0.1, 0.15) is 22.8 Å². The molecule has 0 aromatic carbocycles. The Morgan fingerprint density at radius 1 is 1.35 bits per heavy atom. The number of aliphatic carboxylic acids is 1. The number of carbonyl (C=O) groups is 4. The minimum absolute atomic E-state index is 0.0552. The number of thioether (sulfide) groups is 2. The number of amides is 3. The summed E-state index contributed by atoms with van der Waals surface area (Å²) in [4.78, 5) is 54.4. The normalized spacial score (nSPS) is 19.5. The SMILES string of the molecule is NC(=O)C[n+]1ccc(S/C=C/C2=C(C(=O)O)N3C(=O)C(NC(=O)/C(=N\O)c4csc(N)n4)C3SC2)cc1. The van der Waals surface area contributed by atoms with Crippen molar-refractivity contribution in [1.29, 1.82) is 0 Å². The zero-order chi connectivity index (χ0) is 26.7. The highest BCUT2D eigenvalue weighted by Gasteiger charge is 2.54. The number of fused-ring (bicyclic) bond motifs is 1. The average Bonchev–Trinajstić information content (AvgIpc) is 3.28. The lowest BCUT2D eigenvalue weighted by Crippen LogP contribution is -2.71. The van der Waals surface area contributed by atoms with E-state index in [0.717, 1.165) is 21.1 Å². The maximum absolute atomic E-state index is 12.8. The standard InChI is InChI=1S/C21H19N7O6S3/c22-13(29)7-27-4-1-11(2-5-27)35-6-3-10-8-36-19-15(18(31)28(19)16(10)20(32)33)25-17(30)14(26-34)12-9-37-21(23)24-12/h1-6,9,15,19H,7-8H2,(H6-,22,23,24,25,29,30,32,33,34)/p+1/b6-3+. The van der Waals surface area contributed by atoms with E-state index in [2.05, 4.69) is 15.5 Å². The van der Waals surface area contributed by atoms with Gasteiger partial charge in [0.25, 0.3) is 17.7 Å². The summed E-state index contributed by atoms with van der Waals surface area (Å²) in [6.45, 7) is 0.0625. The Hall–Kier alpha value is -3.89. The molecule has 1 fully saturated rings. The van der Waals surface area contributed by atoms with Crippen molar-refractivity contribution in [3.63, 3.8) is 0 Å². The molecular formula is C21H20N7O6S3+. The quantitative estimate of drug-likeness (QED) is 0.0675. The lowest BCUT2D eigenvalue weighted by Gasteiger charge is -2.49. The molecule has 2 aliphatic rings. The molecule has 16 heteroatoms. The second kappa shape index (κ2) is 11.0. The second-order valence-electron chi connectivity index (χ2n) is 7.65. The number of rotatable bonds is 9. The van der Waals surface area contributed by atoms with Gasteiger partial charge in [0.05, 0.1) is 0 Å². The van der Waals surface area contributed by atoms with Crippen LogP contribution in [0.4, 0.5) is 5.13 Å². The number of nitrogens with one attached hydrogen (secondary N) is 1. The molecular weight excluding hydrogens is 542 g/mol. The molecule has 0 radical (unpaired) electrons. The molecule has 4 heterocycles. The van der Waals surface area contributed by atoms with Crippen molar-refractivity contribution in [2.24, 2.45) is 10.9 Å². The van der Waals surface area contributed by atoms with Gasteiger partial charge in [-0.3, -0.25) is 19.3 Å². The van der Waals surface area contributed by atoms with E-state index in [1.165, 1.54) is 28.9 Å². The predicted octanol–water partition coefficient (Wildman–Crippen LogP) is -0.279. The van der Waals surface area contributed by atoms with E-state index < -0.39 is 40.8 Å². The van der Waals surface area contributed by atoms with Gasteiger partial charge in [-0.2, -0.15) is 4.57 Å². The molecule has 0 aliphatic carbocycles. The number of β-lactam (4-membered cyclic amide) rings is 1. The molecule has 4 rings (SSSR count). The van der Waals surface area contributed by atoms with E-state index in [4.69, 9.17) is 11.5 Å². The van der Waals surface area contributed by atoms with Crippen LogP contribution < -0.4 is 21.4 Å². The molecule has 2 atom stereocenters. The molecule has 3 amide bonds. The Morgan fingerprint density at radius 2 is 2.08 bits per heavy atom. The van der Waals surface area contributed by atoms with Gasteiger partial charge in [-0.15, -0.1) is 23.1 Å². The van der Waals surface area contributed by atoms with E-state index in [9.17, 15) is 29.5 Å². The van der Waals surface area contributed by atoms with Gasteiger partial charge in [0.15, 0.2) is 23.2 Å². The summed E-state index contributed by atoms with van der Waals surface area (Å²) in [5.74, 6) is -2.87. The molecule has 1 saturated heterocycles. The van der Waals surface area contributed by atoms with Gasteiger partial charge in [0.2, 0.25) is 6.54 Å². The van der Waals surface area contributed by atoms with Crippen molar-refractivity contribution in [3.8, 4) is 0 Å². The van der Waals surface area contributed by atoms with Gasteiger partial charge in [0, 0.05) is 28.2 Å². The Bertz CT molecular complexity index is 1350. The molecule has 0 saturated carbocycles. The number of nitrogen functional groups attached to an aromatic ring is 1. The third-order valence-electron chi connectivity index (χ3n) is 5.24. The molecule has 2 unspecified atom stereocenters. The highest BCUT2D eigenvalue weighted by molar-refractivity contribution is 8.02. The van der Waals surface area contributed by atoms with Crippen LogP contribution in [0, 0.1) is 0 Å². The summed E-state index contributed by atoms with van der Waals surface area (Å²) < 4.78 is 1.63. The van der Waals surface area contributed by atoms with Crippen LogP contribution in [0.3, 0.4) is 0 Å². The van der Waals surface area contributed by atoms with Crippen LogP contribution in [0.5, 0.6) is 0 Å². The van der Waals surface area contributed by atoms with Crippen molar-refractivity contribution in [3.05, 3.63) is 58.4 Å². The molecule has 0 bridgehead atoms. The van der Waals surface area contributed by atoms with Crippen LogP contribution in [0.1, 0.15) is 5.69 Å². The number of nitrogens with two attached hydrogens (primary N) is 2. The predicted molar refractivity (Wildman–Crippen MR) is 135 cm³/mol. The Labute approximate surface area is 221 Å². The van der Waals surface area contributed by atoms with Crippen LogP contribution in [0.25, 0.3) is 0 Å². The molecule has 0 spiro atoms. The minimum Gasteiger partial charge on any atom is -0.477 e. The molecule has 37 heavy (non-hydrogen) atoms. The number of primary amides is 1. The number of carbonyl (C=O) groups excluding carboxylic acids is 3. The maximum Gasteiger partial charge on any atom is 0.352 e. The first-order valence-corrected chi connectivity index (χ1v) is 13.3. The second-order valence-corrected chi connectivity index (χ2v) is 10.6. The van der Waals surface area contributed by atoms with Gasteiger partial charge in [-0.25, -0.2) is 9.78 Å². The number of carboxylic acid groups (broad SMARTS) is 1. The Morgan fingerprint density at radius 3 is 2.68 bits per heavy atom. The van der Waals surface area contributed by atoms with E-state index in [0.29, 0.717) is 5.57 Å². The first-order valence-electron chi connectivity index (χ1n) is 10.5. The first kappa shape index (κ1) is 26.2. The van der Waals surface area contributed by atoms with Crippen molar-refractivity contribution in [1.82, 2.24) is 15.2 Å². The average molecular weight is 563 g/mol. The van der Waals surface area contributed by atoms with Crippen LogP contribution >= 0.6 is 34.9 Å².